The number of hydrogen-bond donors (Lipinski definition) is 0. The van der Waals surface area contributed by atoms with Crippen LogP contribution >= 0.6 is 0 Å². The molecule has 180 valence electrons. The first kappa shape index (κ1) is 22.3. The van der Waals surface area contributed by atoms with Crippen LogP contribution in [0.3, 0.4) is 0 Å². The lowest BCUT2D eigenvalue weighted by Gasteiger charge is -2.51. The summed E-state index contributed by atoms with van der Waals surface area (Å²) in [5.41, 5.74) is 4.92. The molecule has 4 saturated carbocycles. The standard InChI is InChI=1S/C32H34O3/c1-33-32(31-26-13-24-12-25(15-26)16-27(31)14-24)28-17-29(34-20-22-8-4-2-5-9-22)19-30(18-28)35-21-23-10-6-3-7-11-23/h2-11,17-19,24-27H,12-16,20-21H2,1H3. The Hall–Kier alpha value is -3.20. The third-order valence-corrected chi connectivity index (χ3v) is 8.12. The summed E-state index contributed by atoms with van der Waals surface area (Å²) in [6.45, 7) is 1.05. The molecule has 0 N–H and O–H groups in total. The molecular formula is C32H34O3. The van der Waals surface area contributed by atoms with Crippen LogP contribution in [0.4, 0.5) is 0 Å². The van der Waals surface area contributed by atoms with Crippen LogP contribution in [0.25, 0.3) is 5.76 Å². The molecule has 0 heterocycles. The third-order valence-electron chi connectivity index (χ3n) is 8.12. The predicted molar refractivity (Wildman–Crippen MR) is 139 cm³/mol. The highest BCUT2D eigenvalue weighted by Crippen LogP contribution is 2.58. The zero-order valence-electron chi connectivity index (χ0n) is 20.5. The highest BCUT2D eigenvalue weighted by atomic mass is 16.5. The second-order valence-electron chi connectivity index (χ2n) is 10.5. The van der Waals surface area contributed by atoms with Crippen LogP contribution in [-0.4, -0.2) is 7.11 Å². The molecule has 0 aliphatic heterocycles. The van der Waals surface area contributed by atoms with E-state index in [0.29, 0.717) is 25.0 Å². The van der Waals surface area contributed by atoms with E-state index in [1.165, 1.54) is 32.1 Å². The second kappa shape index (κ2) is 9.81. The first-order valence-corrected chi connectivity index (χ1v) is 13.0. The van der Waals surface area contributed by atoms with Crippen LogP contribution in [-0.2, 0) is 18.0 Å². The number of benzene rings is 3. The summed E-state index contributed by atoms with van der Waals surface area (Å²) >= 11 is 0. The summed E-state index contributed by atoms with van der Waals surface area (Å²) in [6.07, 6.45) is 6.77. The first-order valence-electron chi connectivity index (χ1n) is 13.0. The molecule has 0 spiro atoms. The van der Waals surface area contributed by atoms with Gasteiger partial charge in [0.05, 0.1) is 7.11 Å². The van der Waals surface area contributed by atoms with Gasteiger partial charge in [-0.1, -0.05) is 60.7 Å². The van der Waals surface area contributed by atoms with Gasteiger partial charge in [0.2, 0.25) is 0 Å². The highest BCUT2D eigenvalue weighted by Gasteiger charge is 2.46. The molecule has 0 aromatic heterocycles. The molecule has 35 heavy (non-hydrogen) atoms. The van der Waals surface area contributed by atoms with Crippen molar-refractivity contribution in [3.05, 3.63) is 101 Å². The van der Waals surface area contributed by atoms with Gasteiger partial charge in [-0.25, -0.2) is 0 Å². The molecule has 4 fully saturated rings. The lowest BCUT2D eigenvalue weighted by molar-refractivity contribution is 0.0675. The minimum atomic E-state index is 0.524. The van der Waals surface area contributed by atoms with Gasteiger partial charge >= 0.3 is 0 Å². The lowest BCUT2D eigenvalue weighted by atomic mass is 9.54. The van der Waals surface area contributed by atoms with E-state index in [1.807, 2.05) is 49.6 Å². The maximum Gasteiger partial charge on any atom is 0.126 e. The molecule has 3 heteroatoms. The highest BCUT2D eigenvalue weighted by molar-refractivity contribution is 5.67. The van der Waals surface area contributed by atoms with Gasteiger partial charge < -0.3 is 14.2 Å². The van der Waals surface area contributed by atoms with E-state index >= 15 is 0 Å². The van der Waals surface area contributed by atoms with Gasteiger partial charge in [-0.05, 0) is 84.6 Å². The number of rotatable bonds is 8. The summed E-state index contributed by atoms with van der Waals surface area (Å²) in [4.78, 5) is 0. The van der Waals surface area contributed by atoms with Gasteiger partial charge in [0.1, 0.15) is 30.5 Å². The summed E-state index contributed by atoms with van der Waals surface area (Å²) in [5, 5.41) is 0. The Kier molecular flexibility index (Phi) is 6.24. The summed E-state index contributed by atoms with van der Waals surface area (Å²) in [7, 11) is 1.83. The largest absolute Gasteiger partial charge is 0.496 e. The van der Waals surface area contributed by atoms with Crippen molar-refractivity contribution in [2.45, 2.75) is 45.3 Å². The van der Waals surface area contributed by atoms with E-state index in [4.69, 9.17) is 14.2 Å². The van der Waals surface area contributed by atoms with E-state index in [0.717, 1.165) is 45.8 Å². The Bertz CT molecular complexity index is 1090. The minimum absolute atomic E-state index is 0.524. The van der Waals surface area contributed by atoms with Crippen LogP contribution in [0.1, 0.15) is 48.8 Å². The molecule has 4 bridgehead atoms. The van der Waals surface area contributed by atoms with Crippen molar-refractivity contribution < 1.29 is 14.2 Å². The maximum atomic E-state index is 6.27. The molecule has 0 unspecified atom stereocenters. The zero-order chi connectivity index (χ0) is 23.6. The van der Waals surface area contributed by atoms with Crippen LogP contribution in [0, 0.1) is 23.7 Å². The molecule has 0 atom stereocenters. The molecule has 4 aliphatic rings. The SMILES string of the molecule is COC(=C1C2CC3CC(C2)CC1C3)c1cc(OCc2ccccc2)cc(OCc2ccccc2)c1. The Morgan fingerprint density at radius 3 is 1.60 bits per heavy atom. The van der Waals surface area contributed by atoms with Crippen LogP contribution in [0.5, 0.6) is 11.5 Å². The van der Waals surface area contributed by atoms with E-state index in [1.54, 1.807) is 5.57 Å². The normalized spacial score (nSPS) is 24.3. The van der Waals surface area contributed by atoms with Crippen molar-refractivity contribution in [2.24, 2.45) is 23.7 Å². The molecular weight excluding hydrogens is 432 g/mol. The summed E-state index contributed by atoms with van der Waals surface area (Å²) in [6, 6.07) is 26.9. The Balaban J connectivity index is 1.33. The van der Waals surface area contributed by atoms with Crippen molar-refractivity contribution in [3.8, 4) is 11.5 Å². The van der Waals surface area contributed by atoms with Crippen molar-refractivity contribution in [3.63, 3.8) is 0 Å². The fourth-order valence-corrected chi connectivity index (χ4v) is 6.82. The van der Waals surface area contributed by atoms with Crippen LogP contribution in [0.15, 0.2) is 84.4 Å². The van der Waals surface area contributed by atoms with E-state index in [2.05, 4.69) is 36.4 Å². The van der Waals surface area contributed by atoms with Gasteiger partial charge in [-0.15, -0.1) is 0 Å². The molecule has 0 saturated heterocycles. The topological polar surface area (TPSA) is 27.7 Å². The van der Waals surface area contributed by atoms with Gasteiger partial charge in [0.15, 0.2) is 0 Å². The van der Waals surface area contributed by atoms with Crippen molar-refractivity contribution in [2.75, 3.05) is 7.11 Å². The molecule has 3 nitrogen and oxygen atoms in total. The molecule has 3 aromatic carbocycles. The minimum Gasteiger partial charge on any atom is -0.496 e. The van der Waals surface area contributed by atoms with E-state index < -0.39 is 0 Å². The Morgan fingerprint density at radius 1 is 0.657 bits per heavy atom. The predicted octanol–water partition coefficient (Wildman–Crippen LogP) is 7.66. The summed E-state index contributed by atoms with van der Waals surface area (Å²) < 4.78 is 18.7. The maximum absolute atomic E-state index is 6.27. The molecule has 0 radical (unpaired) electrons. The fraction of sp³-hybridized carbons (Fsp3) is 0.375. The lowest BCUT2D eigenvalue weighted by Crippen LogP contribution is -2.40. The van der Waals surface area contributed by atoms with Gasteiger partial charge in [0.25, 0.3) is 0 Å². The Morgan fingerprint density at radius 2 is 1.14 bits per heavy atom. The van der Waals surface area contributed by atoms with E-state index in [9.17, 15) is 0 Å². The number of methoxy groups -OCH3 is 1. The zero-order valence-corrected chi connectivity index (χ0v) is 20.5. The van der Waals surface area contributed by atoms with Crippen LogP contribution < -0.4 is 9.47 Å². The van der Waals surface area contributed by atoms with E-state index in [-0.39, 0.29) is 0 Å². The molecule has 7 rings (SSSR count). The molecule has 3 aromatic rings. The van der Waals surface area contributed by atoms with Gasteiger partial charge in [-0.2, -0.15) is 0 Å². The summed E-state index contributed by atoms with van der Waals surface area (Å²) in [5.74, 6) is 5.86. The quantitative estimate of drug-likeness (QED) is 0.319. The third kappa shape index (κ3) is 4.82. The number of hydrogen-bond acceptors (Lipinski definition) is 3. The average molecular weight is 467 g/mol. The van der Waals surface area contributed by atoms with Crippen molar-refractivity contribution >= 4 is 5.76 Å². The molecule has 0 amide bonds. The van der Waals surface area contributed by atoms with Gasteiger partial charge in [-0.3, -0.25) is 0 Å². The Labute approximate surface area is 208 Å². The number of ether oxygens (including phenoxy) is 3. The monoisotopic (exact) mass is 466 g/mol. The fourth-order valence-electron chi connectivity index (χ4n) is 6.82. The van der Waals surface area contributed by atoms with Crippen LogP contribution in [0.2, 0.25) is 0 Å². The first-order chi connectivity index (χ1) is 17.2. The second-order valence-corrected chi connectivity index (χ2v) is 10.5. The van der Waals surface area contributed by atoms with Gasteiger partial charge in [0, 0.05) is 11.6 Å². The average Bonchev–Trinajstić information content (AvgIpc) is 2.89. The van der Waals surface area contributed by atoms with Crippen molar-refractivity contribution in [1.29, 1.82) is 0 Å². The number of allylic oxidation sites excluding steroid dienone is 1. The van der Waals surface area contributed by atoms with Crippen molar-refractivity contribution in [1.82, 2.24) is 0 Å². The smallest absolute Gasteiger partial charge is 0.126 e. The molecule has 4 aliphatic carbocycles.